The molecule has 21 heavy (non-hydrogen) atoms. The number of nitrogens with two attached hydrogens (primary N) is 1. The van der Waals surface area contributed by atoms with Crippen molar-refractivity contribution in [3.05, 3.63) is 0 Å². The van der Waals surface area contributed by atoms with Crippen LogP contribution in [0.4, 0.5) is 17.8 Å². The number of nitrogen functional groups attached to an aromatic ring is 1. The Kier molecular flexibility index (Phi) is 4.10. The van der Waals surface area contributed by atoms with Crippen molar-refractivity contribution < 1.29 is 0 Å². The van der Waals surface area contributed by atoms with Crippen molar-refractivity contribution in [2.75, 3.05) is 55.3 Å². The second-order valence-electron chi connectivity index (χ2n) is 5.98. The van der Waals surface area contributed by atoms with Crippen LogP contribution in [0.25, 0.3) is 0 Å². The number of hydrogen-bond donors (Lipinski definition) is 1. The van der Waals surface area contributed by atoms with E-state index in [-0.39, 0.29) is 0 Å². The van der Waals surface area contributed by atoms with Crippen molar-refractivity contribution in [3.8, 4) is 0 Å². The highest BCUT2D eigenvalue weighted by molar-refractivity contribution is 5.44. The predicted molar refractivity (Wildman–Crippen MR) is 84.6 cm³/mol. The topological polar surface area (TPSA) is 74.4 Å². The zero-order valence-corrected chi connectivity index (χ0v) is 13.0. The molecule has 3 heterocycles. The van der Waals surface area contributed by atoms with Crippen LogP contribution in [-0.2, 0) is 0 Å². The average Bonchev–Trinajstić information content (AvgIpc) is 3.01. The summed E-state index contributed by atoms with van der Waals surface area (Å²) in [5.41, 5.74) is 5.90. The Morgan fingerprint density at radius 3 is 2.33 bits per heavy atom. The Balaban J connectivity index is 1.81. The first-order valence-electron chi connectivity index (χ1n) is 7.89. The van der Waals surface area contributed by atoms with Gasteiger partial charge < -0.3 is 15.5 Å². The molecule has 1 atom stereocenters. The average molecular weight is 291 g/mol. The molecule has 2 aliphatic heterocycles. The summed E-state index contributed by atoms with van der Waals surface area (Å²) in [6, 6.07) is 0.548. The molecule has 0 amide bonds. The molecule has 0 radical (unpaired) electrons. The Morgan fingerprint density at radius 1 is 1.00 bits per heavy atom. The minimum atomic E-state index is 0.328. The van der Waals surface area contributed by atoms with E-state index in [9.17, 15) is 0 Å². The fourth-order valence-electron chi connectivity index (χ4n) is 3.14. The molecule has 2 N–H and O–H groups in total. The van der Waals surface area contributed by atoms with E-state index in [1.54, 1.807) is 0 Å². The third-order valence-electron chi connectivity index (χ3n) is 4.55. The molecule has 0 saturated carbocycles. The maximum absolute atomic E-state index is 5.90. The van der Waals surface area contributed by atoms with Crippen LogP contribution in [0.15, 0.2) is 0 Å². The maximum atomic E-state index is 5.90. The van der Waals surface area contributed by atoms with Gasteiger partial charge in [-0.25, -0.2) is 0 Å². The van der Waals surface area contributed by atoms with Crippen LogP contribution in [0.1, 0.15) is 26.2 Å². The van der Waals surface area contributed by atoms with Crippen LogP contribution in [0.3, 0.4) is 0 Å². The van der Waals surface area contributed by atoms with Crippen LogP contribution in [0, 0.1) is 0 Å². The lowest BCUT2D eigenvalue weighted by atomic mass is 10.1. The number of likely N-dealkylation sites (N-methyl/N-ethyl adjacent to an activating group) is 1. The van der Waals surface area contributed by atoms with Crippen molar-refractivity contribution >= 4 is 17.8 Å². The number of aromatic nitrogens is 3. The van der Waals surface area contributed by atoms with E-state index in [1.165, 1.54) is 12.8 Å². The first-order chi connectivity index (χ1) is 10.2. The van der Waals surface area contributed by atoms with Crippen LogP contribution in [0.2, 0.25) is 0 Å². The van der Waals surface area contributed by atoms with Crippen LogP contribution < -0.4 is 15.5 Å². The summed E-state index contributed by atoms with van der Waals surface area (Å²) in [5, 5.41) is 0. The van der Waals surface area contributed by atoms with Gasteiger partial charge in [-0.2, -0.15) is 15.0 Å². The number of rotatable bonds is 3. The molecule has 2 saturated heterocycles. The van der Waals surface area contributed by atoms with Gasteiger partial charge in [0.25, 0.3) is 0 Å². The summed E-state index contributed by atoms with van der Waals surface area (Å²) in [5.74, 6) is 1.80. The molecule has 1 aromatic heterocycles. The standard InChI is InChI=1S/C14H25N7/c1-3-11-10-21(9-8-19(11)2)14-17-12(15)16-13(18-14)20-6-4-5-7-20/h11H,3-10H2,1-2H3,(H2,15,16,17,18). The van der Waals surface area contributed by atoms with Gasteiger partial charge in [0.2, 0.25) is 17.8 Å². The molecule has 1 aromatic rings. The summed E-state index contributed by atoms with van der Waals surface area (Å²) in [7, 11) is 2.18. The van der Waals surface area contributed by atoms with E-state index in [0.717, 1.165) is 51.0 Å². The SMILES string of the molecule is CCC1CN(c2nc(N)nc(N3CCCC3)n2)CCN1C. The molecule has 3 rings (SSSR count). The zero-order chi connectivity index (χ0) is 14.8. The van der Waals surface area contributed by atoms with E-state index in [1.807, 2.05) is 0 Å². The Hall–Kier alpha value is -1.63. The van der Waals surface area contributed by atoms with Crippen LogP contribution >= 0.6 is 0 Å². The van der Waals surface area contributed by atoms with E-state index >= 15 is 0 Å². The first-order valence-corrected chi connectivity index (χ1v) is 7.89. The third-order valence-corrected chi connectivity index (χ3v) is 4.55. The largest absolute Gasteiger partial charge is 0.368 e. The highest BCUT2D eigenvalue weighted by atomic mass is 15.4. The zero-order valence-electron chi connectivity index (χ0n) is 13.0. The molecule has 0 spiro atoms. The second-order valence-corrected chi connectivity index (χ2v) is 5.98. The van der Waals surface area contributed by atoms with Gasteiger partial charge in [0, 0.05) is 38.8 Å². The smallest absolute Gasteiger partial charge is 0.232 e. The molecule has 7 nitrogen and oxygen atoms in total. The quantitative estimate of drug-likeness (QED) is 0.873. The Bertz CT molecular complexity index is 486. The number of hydrogen-bond acceptors (Lipinski definition) is 7. The maximum Gasteiger partial charge on any atom is 0.232 e. The lowest BCUT2D eigenvalue weighted by molar-refractivity contribution is 0.212. The molecular weight excluding hydrogens is 266 g/mol. The summed E-state index contributed by atoms with van der Waals surface area (Å²) < 4.78 is 0. The van der Waals surface area contributed by atoms with Crippen molar-refractivity contribution in [2.24, 2.45) is 0 Å². The monoisotopic (exact) mass is 291 g/mol. The summed E-state index contributed by atoms with van der Waals surface area (Å²) >= 11 is 0. The molecule has 2 fully saturated rings. The van der Waals surface area contributed by atoms with Crippen LogP contribution in [-0.4, -0.2) is 65.7 Å². The fraction of sp³-hybridized carbons (Fsp3) is 0.786. The molecule has 0 aromatic carbocycles. The van der Waals surface area contributed by atoms with Gasteiger partial charge >= 0.3 is 0 Å². The van der Waals surface area contributed by atoms with Crippen molar-refractivity contribution in [2.45, 2.75) is 32.2 Å². The molecule has 1 unspecified atom stereocenters. The lowest BCUT2D eigenvalue weighted by Gasteiger charge is -2.39. The van der Waals surface area contributed by atoms with Crippen molar-refractivity contribution in [3.63, 3.8) is 0 Å². The summed E-state index contributed by atoms with van der Waals surface area (Å²) in [6.45, 7) is 7.18. The Morgan fingerprint density at radius 2 is 1.67 bits per heavy atom. The van der Waals surface area contributed by atoms with Gasteiger partial charge in [-0.15, -0.1) is 0 Å². The minimum absolute atomic E-state index is 0.328. The molecule has 7 heteroatoms. The first kappa shape index (κ1) is 14.3. The van der Waals surface area contributed by atoms with Gasteiger partial charge in [-0.05, 0) is 26.3 Å². The van der Waals surface area contributed by atoms with Crippen LogP contribution in [0.5, 0.6) is 0 Å². The predicted octanol–water partition coefficient (Wildman–Crippen LogP) is 0.584. The second kappa shape index (κ2) is 6.01. The summed E-state index contributed by atoms with van der Waals surface area (Å²) in [4.78, 5) is 20.2. The van der Waals surface area contributed by atoms with E-state index in [0.29, 0.717) is 12.0 Å². The van der Waals surface area contributed by atoms with Gasteiger partial charge in [-0.3, -0.25) is 4.90 Å². The highest BCUT2D eigenvalue weighted by Crippen LogP contribution is 2.21. The molecule has 0 bridgehead atoms. The number of anilines is 3. The highest BCUT2D eigenvalue weighted by Gasteiger charge is 2.26. The van der Waals surface area contributed by atoms with E-state index in [4.69, 9.17) is 5.73 Å². The van der Waals surface area contributed by atoms with Gasteiger partial charge in [0.05, 0.1) is 0 Å². The van der Waals surface area contributed by atoms with Gasteiger partial charge in [-0.1, -0.05) is 6.92 Å². The Labute approximate surface area is 126 Å². The van der Waals surface area contributed by atoms with Crippen molar-refractivity contribution in [1.82, 2.24) is 19.9 Å². The van der Waals surface area contributed by atoms with Crippen molar-refractivity contribution in [1.29, 1.82) is 0 Å². The molecule has 2 aliphatic rings. The lowest BCUT2D eigenvalue weighted by Crippen LogP contribution is -2.51. The molecule has 116 valence electrons. The van der Waals surface area contributed by atoms with E-state index in [2.05, 4.69) is 43.6 Å². The number of nitrogens with zero attached hydrogens (tertiary/aromatic N) is 6. The minimum Gasteiger partial charge on any atom is -0.368 e. The molecule has 0 aliphatic carbocycles. The normalized spacial score (nSPS) is 23.8. The fourth-order valence-corrected chi connectivity index (χ4v) is 3.14. The van der Waals surface area contributed by atoms with E-state index < -0.39 is 0 Å². The number of piperazine rings is 1. The van der Waals surface area contributed by atoms with Gasteiger partial charge in [0.1, 0.15) is 0 Å². The summed E-state index contributed by atoms with van der Waals surface area (Å²) in [6.07, 6.45) is 3.53. The molecular formula is C14H25N7. The third kappa shape index (κ3) is 3.02. The van der Waals surface area contributed by atoms with Gasteiger partial charge in [0.15, 0.2) is 0 Å².